The molecule has 19 heavy (non-hydrogen) atoms. The molecule has 0 radical (unpaired) electrons. The smallest absolute Gasteiger partial charge is 0.124 e. The molecule has 0 fully saturated rings. The van der Waals surface area contributed by atoms with Crippen molar-refractivity contribution in [1.82, 2.24) is 9.55 Å². The van der Waals surface area contributed by atoms with Gasteiger partial charge in [-0.1, -0.05) is 0 Å². The van der Waals surface area contributed by atoms with Gasteiger partial charge in [-0.25, -0.2) is 9.37 Å². The first-order valence-electron chi connectivity index (χ1n) is 6.30. The fraction of sp³-hybridized carbons (Fsp3) is 0.357. The lowest BCUT2D eigenvalue weighted by Crippen LogP contribution is -2.10. The number of benzene rings is 1. The number of nitrogens with zero attached hydrogens (tertiary/aromatic N) is 2. The fourth-order valence-corrected chi connectivity index (χ4v) is 1.85. The van der Waals surface area contributed by atoms with Crippen LogP contribution in [0, 0.1) is 5.82 Å². The van der Waals surface area contributed by atoms with Crippen molar-refractivity contribution in [3.63, 3.8) is 0 Å². The normalized spacial score (nSPS) is 12.4. The predicted octanol–water partition coefficient (Wildman–Crippen LogP) is 2.51. The maximum Gasteiger partial charge on any atom is 0.124 e. The summed E-state index contributed by atoms with van der Waals surface area (Å²) in [5, 5.41) is 0. The second kappa shape index (κ2) is 6.33. The van der Waals surface area contributed by atoms with Gasteiger partial charge in [-0.05, 0) is 31.5 Å². The van der Waals surface area contributed by atoms with Gasteiger partial charge in [-0.15, -0.1) is 0 Å². The van der Waals surface area contributed by atoms with E-state index in [9.17, 15) is 4.39 Å². The van der Waals surface area contributed by atoms with Crippen LogP contribution < -0.4 is 10.5 Å². The van der Waals surface area contributed by atoms with Crippen LogP contribution in [0.2, 0.25) is 0 Å². The van der Waals surface area contributed by atoms with Crippen LogP contribution >= 0.6 is 0 Å². The number of nitrogens with two attached hydrogens (primary N) is 1. The molecule has 1 heterocycles. The summed E-state index contributed by atoms with van der Waals surface area (Å²) in [5.74, 6) is 0.361. The number of rotatable bonds is 6. The number of imidazole rings is 1. The van der Waals surface area contributed by atoms with E-state index >= 15 is 0 Å². The Balaban J connectivity index is 1.88. The SMILES string of the molecule is C[C@H](N)c1cc(F)ccc1OCCCn1ccnc1. The standard InChI is InChI=1S/C14H18FN3O/c1-11(16)13-9-12(15)3-4-14(13)19-8-2-6-18-7-5-17-10-18/h3-5,7,9-11H,2,6,8,16H2,1H3/t11-/m0/s1. The van der Waals surface area contributed by atoms with E-state index in [1.165, 1.54) is 12.1 Å². The van der Waals surface area contributed by atoms with Gasteiger partial charge in [-0.2, -0.15) is 0 Å². The highest BCUT2D eigenvalue weighted by Gasteiger charge is 2.09. The lowest BCUT2D eigenvalue weighted by atomic mass is 10.1. The highest BCUT2D eigenvalue weighted by molar-refractivity contribution is 5.36. The average Bonchev–Trinajstić information content (AvgIpc) is 2.89. The summed E-state index contributed by atoms with van der Waals surface area (Å²) in [6, 6.07) is 4.19. The minimum absolute atomic E-state index is 0.251. The zero-order valence-corrected chi connectivity index (χ0v) is 10.9. The molecule has 0 amide bonds. The van der Waals surface area contributed by atoms with E-state index in [2.05, 4.69) is 4.98 Å². The summed E-state index contributed by atoms with van der Waals surface area (Å²) >= 11 is 0. The van der Waals surface area contributed by atoms with Gasteiger partial charge in [-0.3, -0.25) is 0 Å². The first kappa shape index (κ1) is 13.5. The van der Waals surface area contributed by atoms with Gasteiger partial charge in [0.1, 0.15) is 11.6 Å². The Morgan fingerprint density at radius 1 is 1.47 bits per heavy atom. The molecule has 2 N–H and O–H groups in total. The van der Waals surface area contributed by atoms with E-state index in [-0.39, 0.29) is 11.9 Å². The maximum absolute atomic E-state index is 13.2. The van der Waals surface area contributed by atoms with Crippen LogP contribution in [0.25, 0.3) is 0 Å². The van der Waals surface area contributed by atoms with Crippen LogP contribution in [0.15, 0.2) is 36.9 Å². The molecule has 4 nitrogen and oxygen atoms in total. The van der Waals surface area contributed by atoms with E-state index in [0.29, 0.717) is 17.9 Å². The minimum atomic E-state index is -0.293. The predicted molar refractivity (Wildman–Crippen MR) is 71.3 cm³/mol. The molecular formula is C14H18FN3O. The van der Waals surface area contributed by atoms with Gasteiger partial charge >= 0.3 is 0 Å². The number of hydrogen-bond donors (Lipinski definition) is 1. The second-order valence-corrected chi connectivity index (χ2v) is 4.47. The van der Waals surface area contributed by atoms with Crippen molar-refractivity contribution in [3.8, 4) is 5.75 Å². The van der Waals surface area contributed by atoms with Gasteiger partial charge < -0.3 is 15.0 Å². The number of ether oxygens (including phenoxy) is 1. The molecule has 1 aromatic carbocycles. The number of aryl methyl sites for hydroxylation is 1. The third-order valence-electron chi connectivity index (χ3n) is 2.84. The minimum Gasteiger partial charge on any atom is -0.493 e. The number of hydrogen-bond acceptors (Lipinski definition) is 3. The Morgan fingerprint density at radius 3 is 3.00 bits per heavy atom. The van der Waals surface area contributed by atoms with Gasteiger partial charge in [0.15, 0.2) is 0 Å². The second-order valence-electron chi connectivity index (χ2n) is 4.47. The Hall–Kier alpha value is -1.88. The maximum atomic E-state index is 13.2. The molecule has 0 spiro atoms. The van der Waals surface area contributed by atoms with E-state index in [0.717, 1.165) is 13.0 Å². The van der Waals surface area contributed by atoms with Crippen molar-refractivity contribution in [3.05, 3.63) is 48.3 Å². The summed E-state index contributed by atoms with van der Waals surface area (Å²) in [7, 11) is 0. The lowest BCUT2D eigenvalue weighted by Gasteiger charge is -2.14. The van der Waals surface area contributed by atoms with Crippen molar-refractivity contribution < 1.29 is 9.13 Å². The summed E-state index contributed by atoms with van der Waals surface area (Å²) in [5.41, 5.74) is 6.50. The Bertz CT molecular complexity index is 511. The monoisotopic (exact) mass is 263 g/mol. The number of halogens is 1. The zero-order chi connectivity index (χ0) is 13.7. The molecule has 0 bridgehead atoms. The molecule has 1 atom stereocenters. The molecule has 102 valence electrons. The molecule has 0 aliphatic heterocycles. The van der Waals surface area contributed by atoms with Crippen LogP contribution in [0.3, 0.4) is 0 Å². The third kappa shape index (κ3) is 3.79. The van der Waals surface area contributed by atoms with Crippen molar-refractivity contribution in [2.24, 2.45) is 5.73 Å². The van der Waals surface area contributed by atoms with E-state index in [4.69, 9.17) is 10.5 Å². The van der Waals surface area contributed by atoms with Crippen LogP contribution in [-0.2, 0) is 6.54 Å². The van der Waals surface area contributed by atoms with Crippen LogP contribution in [0.5, 0.6) is 5.75 Å². The molecule has 0 aliphatic carbocycles. The largest absolute Gasteiger partial charge is 0.493 e. The number of aromatic nitrogens is 2. The van der Waals surface area contributed by atoms with Crippen molar-refractivity contribution in [2.75, 3.05) is 6.61 Å². The van der Waals surface area contributed by atoms with E-state index in [1.807, 2.05) is 17.7 Å². The molecule has 0 unspecified atom stereocenters. The average molecular weight is 263 g/mol. The summed E-state index contributed by atoms with van der Waals surface area (Å²) in [4.78, 5) is 3.97. The fourth-order valence-electron chi connectivity index (χ4n) is 1.85. The van der Waals surface area contributed by atoms with Gasteiger partial charge in [0.2, 0.25) is 0 Å². The molecular weight excluding hydrogens is 245 g/mol. The Labute approximate surface area is 112 Å². The lowest BCUT2D eigenvalue weighted by molar-refractivity contribution is 0.297. The molecule has 2 rings (SSSR count). The first-order chi connectivity index (χ1) is 9.16. The molecule has 0 saturated carbocycles. The van der Waals surface area contributed by atoms with Gasteiger partial charge in [0.05, 0.1) is 12.9 Å². The van der Waals surface area contributed by atoms with Crippen molar-refractivity contribution in [2.45, 2.75) is 25.9 Å². The molecule has 0 aliphatic rings. The topological polar surface area (TPSA) is 53.1 Å². The Morgan fingerprint density at radius 2 is 2.32 bits per heavy atom. The zero-order valence-electron chi connectivity index (χ0n) is 10.9. The van der Waals surface area contributed by atoms with Crippen molar-refractivity contribution >= 4 is 0 Å². The molecule has 2 aromatic rings. The Kier molecular flexibility index (Phi) is 4.52. The van der Waals surface area contributed by atoms with Crippen molar-refractivity contribution in [1.29, 1.82) is 0 Å². The molecule has 0 saturated heterocycles. The van der Waals surface area contributed by atoms with Crippen LogP contribution in [0.1, 0.15) is 24.9 Å². The van der Waals surface area contributed by atoms with Crippen LogP contribution in [0.4, 0.5) is 4.39 Å². The first-order valence-corrected chi connectivity index (χ1v) is 6.30. The summed E-state index contributed by atoms with van der Waals surface area (Å²) < 4.78 is 20.8. The quantitative estimate of drug-likeness (QED) is 0.815. The van der Waals surface area contributed by atoms with Crippen LogP contribution in [-0.4, -0.2) is 16.2 Å². The third-order valence-corrected chi connectivity index (χ3v) is 2.84. The van der Waals surface area contributed by atoms with E-state index < -0.39 is 0 Å². The summed E-state index contributed by atoms with van der Waals surface area (Å²) in [6.45, 7) is 3.21. The summed E-state index contributed by atoms with van der Waals surface area (Å²) in [6.07, 6.45) is 6.28. The highest BCUT2D eigenvalue weighted by atomic mass is 19.1. The van der Waals surface area contributed by atoms with E-state index in [1.54, 1.807) is 18.6 Å². The molecule has 5 heteroatoms. The van der Waals surface area contributed by atoms with Gasteiger partial charge in [0.25, 0.3) is 0 Å². The van der Waals surface area contributed by atoms with Gasteiger partial charge in [0, 0.05) is 30.5 Å². The highest BCUT2D eigenvalue weighted by Crippen LogP contribution is 2.24. The molecule has 1 aromatic heterocycles.